The van der Waals surface area contributed by atoms with E-state index >= 15 is 0 Å². The van der Waals surface area contributed by atoms with Crippen molar-refractivity contribution in [2.24, 2.45) is 0 Å². The van der Waals surface area contributed by atoms with Crippen LogP contribution < -0.4 is 0 Å². The predicted molar refractivity (Wildman–Crippen MR) is 170 cm³/mol. The zero-order chi connectivity index (χ0) is 33.4. The number of hydrogen-bond acceptors (Lipinski definition) is 5. The van der Waals surface area contributed by atoms with Crippen LogP contribution in [0.4, 0.5) is 0 Å². The normalized spacial score (nSPS) is 12.0. The lowest BCUT2D eigenvalue weighted by Gasteiger charge is -2.28. The largest absolute Gasteiger partial charge is 0.507 e. The van der Waals surface area contributed by atoms with E-state index in [1.807, 2.05) is 31.1 Å². The van der Waals surface area contributed by atoms with Crippen LogP contribution in [0.25, 0.3) is 0 Å². The van der Waals surface area contributed by atoms with Gasteiger partial charge in [-0.05, 0) is 67.9 Å². The van der Waals surface area contributed by atoms with Crippen LogP contribution in [0, 0.1) is 0 Å². The van der Waals surface area contributed by atoms with Crippen molar-refractivity contribution in [3.63, 3.8) is 0 Å². The zero-order valence-corrected chi connectivity index (χ0v) is 27.9. The van der Waals surface area contributed by atoms with E-state index in [0.717, 1.165) is 33.4 Å². The molecule has 0 unspecified atom stereocenters. The van der Waals surface area contributed by atoms with E-state index in [9.17, 15) is 19.8 Å². The number of aliphatic carboxylic acids is 2. The van der Waals surface area contributed by atoms with Gasteiger partial charge in [0.25, 0.3) is 0 Å². The van der Waals surface area contributed by atoms with Crippen LogP contribution in [-0.4, -0.2) is 39.2 Å². The molecule has 0 fully saturated rings. The van der Waals surface area contributed by atoms with Gasteiger partial charge in [-0.1, -0.05) is 107 Å². The minimum Gasteiger partial charge on any atom is -0.507 e. The van der Waals surface area contributed by atoms with Gasteiger partial charge in [-0.2, -0.15) is 0 Å². The topological polar surface area (TPSA) is 132 Å². The Bertz CT molecular complexity index is 1050. The highest BCUT2D eigenvalue weighted by molar-refractivity contribution is 5.67. The molecule has 4 N–H and O–H groups in total. The van der Waals surface area contributed by atoms with Gasteiger partial charge in [-0.15, -0.1) is 0 Å². The Morgan fingerprint density at radius 1 is 0.524 bits per heavy atom. The number of phenolic OH excluding ortho intramolecular Hbond substituents is 2. The second-order valence-corrected chi connectivity index (χ2v) is 14.9. The van der Waals surface area contributed by atoms with E-state index < -0.39 is 11.9 Å². The summed E-state index contributed by atoms with van der Waals surface area (Å²) in [6, 6.07) is 7.75. The number of carbonyl (C=O) groups excluding carboxylic acids is 1. The van der Waals surface area contributed by atoms with Crippen LogP contribution >= 0.6 is 0 Å². The summed E-state index contributed by atoms with van der Waals surface area (Å²) in [5.74, 6) is -0.923. The predicted octanol–water partition coefficient (Wildman–Crippen LogP) is 7.82. The summed E-state index contributed by atoms with van der Waals surface area (Å²) in [7, 11) is 0. The molecule has 2 aromatic rings. The first-order valence-corrected chi connectivity index (χ1v) is 14.3. The van der Waals surface area contributed by atoms with Crippen molar-refractivity contribution in [3.8, 4) is 11.5 Å². The first-order valence-electron chi connectivity index (χ1n) is 14.3. The summed E-state index contributed by atoms with van der Waals surface area (Å²) in [5, 5.41) is 38.8. The van der Waals surface area contributed by atoms with Crippen molar-refractivity contribution in [1.29, 1.82) is 0 Å². The molecule has 0 aromatic heterocycles. The maximum absolute atomic E-state index is 10.8. The third-order valence-electron chi connectivity index (χ3n) is 6.83. The quantitative estimate of drug-likeness (QED) is 0.271. The Morgan fingerprint density at radius 2 is 0.714 bits per heavy atom. The second-order valence-electron chi connectivity index (χ2n) is 14.9. The van der Waals surface area contributed by atoms with E-state index in [0.29, 0.717) is 24.3 Å². The number of aromatic hydroxyl groups is 2. The number of aryl methyl sites for hydroxylation is 2. The SMILES string of the molecule is C=O.CC(C)(C)c1cc(CCC(=O)O)cc(C(C)(C)C)c1O.CC(C)(C)c1cc(CCC(=O)O)cc(C(C)(C)C)c1O. The van der Waals surface area contributed by atoms with Crippen LogP contribution in [0.15, 0.2) is 24.3 Å². The number of benzene rings is 2. The molecule has 0 amide bonds. The van der Waals surface area contributed by atoms with Crippen molar-refractivity contribution in [1.82, 2.24) is 0 Å². The van der Waals surface area contributed by atoms with Gasteiger partial charge in [0.1, 0.15) is 18.3 Å². The zero-order valence-electron chi connectivity index (χ0n) is 27.9. The second kappa shape index (κ2) is 14.7. The minimum atomic E-state index is -0.798. The number of rotatable bonds is 6. The van der Waals surface area contributed by atoms with Gasteiger partial charge in [-0.3, -0.25) is 9.59 Å². The molecule has 0 aliphatic rings. The minimum absolute atomic E-state index is 0.109. The van der Waals surface area contributed by atoms with Gasteiger partial charge >= 0.3 is 11.9 Å². The molecule has 0 atom stereocenters. The summed E-state index contributed by atoms with van der Waals surface area (Å²) in [6.07, 6.45) is 1.19. The first kappa shape index (κ1) is 38.6. The molecule has 7 heteroatoms. The van der Waals surface area contributed by atoms with Crippen LogP contribution in [0.1, 0.15) is 129 Å². The molecule has 0 aliphatic carbocycles. The van der Waals surface area contributed by atoms with Gasteiger partial charge in [-0.25, -0.2) is 0 Å². The fraction of sp³-hybridized carbons (Fsp3) is 0.571. The highest BCUT2D eigenvalue weighted by Crippen LogP contribution is 2.41. The molecule has 0 saturated carbocycles. The smallest absolute Gasteiger partial charge is 0.303 e. The number of phenols is 2. The van der Waals surface area contributed by atoms with E-state index in [1.165, 1.54) is 0 Å². The van der Waals surface area contributed by atoms with Crippen molar-refractivity contribution < 1.29 is 34.8 Å². The van der Waals surface area contributed by atoms with Crippen LogP contribution in [0.3, 0.4) is 0 Å². The van der Waals surface area contributed by atoms with E-state index in [-0.39, 0.29) is 34.5 Å². The van der Waals surface area contributed by atoms with Gasteiger partial charge in [0.15, 0.2) is 0 Å². The fourth-order valence-electron chi connectivity index (χ4n) is 4.47. The molecule has 0 heterocycles. The average Bonchev–Trinajstić information content (AvgIpc) is 2.81. The molecule has 7 nitrogen and oxygen atoms in total. The average molecular weight is 587 g/mol. The molecule has 0 radical (unpaired) electrons. The highest BCUT2D eigenvalue weighted by Gasteiger charge is 2.27. The number of carbonyl (C=O) groups is 3. The summed E-state index contributed by atoms with van der Waals surface area (Å²) < 4.78 is 0. The Morgan fingerprint density at radius 3 is 0.857 bits per heavy atom. The Balaban J connectivity index is 0.000000756. The molecule has 42 heavy (non-hydrogen) atoms. The van der Waals surface area contributed by atoms with Crippen molar-refractivity contribution in [3.05, 3.63) is 57.6 Å². The Hall–Kier alpha value is -3.35. The lowest BCUT2D eigenvalue weighted by Crippen LogP contribution is -2.18. The summed E-state index contributed by atoms with van der Waals surface area (Å²) in [5.41, 5.74) is 4.76. The van der Waals surface area contributed by atoms with Crippen LogP contribution in [0.5, 0.6) is 11.5 Å². The van der Waals surface area contributed by atoms with Crippen molar-refractivity contribution in [2.45, 2.75) is 130 Å². The lowest BCUT2D eigenvalue weighted by molar-refractivity contribution is -0.138. The van der Waals surface area contributed by atoms with Crippen LogP contribution in [0.2, 0.25) is 0 Å². The molecular weight excluding hydrogens is 532 g/mol. The van der Waals surface area contributed by atoms with Crippen molar-refractivity contribution in [2.75, 3.05) is 0 Å². The van der Waals surface area contributed by atoms with Gasteiger partial charge in [0, 0.05) is 12.8 Å². The molecule has 2 aromatic carbocycles. The third kappa shape index (κ3) is 11.9. The van der Waals surface area contributed by atoms with Gasteiger partial charge < -0.3 is 25.2 Å². The summed E-state index contributed by atoms with van der Waals surface area (Å²) >= 11 is 0. The molecule has 0 spiro atoms. The standard InChI is InChI=1S/2C17H26O3.CH2O/c2*1-16(2,3)12-9-11(7-8-14(18)19)10-13(15(12)20)17(4,5)6;1-2/h2*9-10,20H,7-8H2,1-6H3,(H,18,19);1H2. The third-order valence-corrected chi connectivity index (χ3v) is 6.83. The van der Waals surface area contributed by atoms with E-state index in [4.69, 9.17) is 15.0 Å². The first-order chi connectivity index (χ1) is 18.9. The summed E-state index contributed by atoms with van der Waals surface area (Å²) in [4.78, 5) is 29.5. The summed E-state index contributed by atoms with van der Waals surface area (Å²) in [6.45, 7) is 26.6. The molecular formula is C35H54O7. The molecule has 0 aliphatic heterocycles. The van der Waals surface area contributed by atoms with E-state index in [1.54, 1.807) is 0 Å². The molecule has 2 rings (SSSR count). The number of carboxylic acids is 2. The maximum Gasteiger partial charge on any atom is 0.303 e. The Kier molecular flexibility index (Phi) is 13.5. The van der Waals surface area contributed by atoms with Crippen molar-refractivity contribution >= 4 is 18.7 Å². The molecule has 0 bridgehead atoms. The monoisotopic (exact) mass is 586 g/mol. The maximum atomic E-state index is 10.8. The fourth-order valence-corrected chi connectivity index (χ4v) is 4.47. The lowest BCUT2D eigenvalue weighted by atomic mass is 9.78. The number of hydrogen-bond donors (Lipinski definition) is 4. The van der Waals surface area contributed by atoms with Crippen LogP contribution in [-0.2, 0) is 48.9 Å². The van der Waals surface area contributed by atoms with Gasteiger partial charge in [0.05, 0.1) is 0 Å². The molecule has 236 valence electrons. The number of carboxylic acid groups (broad SMARTS) is 2. The van der Waals surface area contributed by atoms with Gasteiger partial charge in [0.2, 0.25) is 0 Å². The Labute approximate surface area is 253 Å². The molecule has 0 saturated heterocycles. The van der Waals surface area contributed by atoms with E-state index in [2.05, 4.69) is 83.1 Å². The highest BCUT2D eigenvalue weighted by atomic mass is 16.4.